The number of halogens is 1. The lowest BCUT2D eigenvalue weighted by Crippen LogP contribution is -2.37. The van der Waals surface area contributed by atoms with E-state index in [4.69, 9.17) is 11.6 Å². The molecule has 2 aromatic rings. The van der Waals surface area contributed by atoms with Crippen molar-refractivity contribution < 1.29 is 9.59 Å². The second kappa shape index (κ2) is 8.34. The summed E-state index contributed by atoms with van der Waals surface area (Å²) in [6.07, 6.45) is 0.692. The smallest absolute Gasteiger partial charge is 0.251 e. The third-order valence-corrected chi connectivity index (χ3v) is 3.66. The van der Waals surface area contributed by atoms with E-state index in [0.29, 0.717) is 23.6 Å². The Balaban J connectivity index is 1.73. The number of hydrogen-bond donors (Lipinski definition) is 2. The first-order valence-electron chi connectivity index (χ1n) is 7.41. The zero-order chi connectivity index (χ0) is 16.7. The minimum absolute atomic E-state index is 0.0390. The molecule has 2 amide bonds. The molecule has 2 N–H and O–H groups in total. The molecule has 0 radical (unpaired) electrons. The van der Waals surface area contributed by atoms with Gasteiger partial charge < -0.3 is 10.6 Å². The summed E-state index contributed by atoms with van der Waals surface area (Å²) in [7, 11) is 0. The minimum atomic E-state index is -0.243. The molecule has 0 saturated heterocycles. The van der Waals surface area contributed by atoms with Crippen LogP contribution in [0, 0.1) is 6.92 Å². The molecule has 120 valence electrons. The highest BCUT2D eigenvalue weighted by atomic mass is 35.5. The summed E-state index contributed by atoms with van der Waals surface area (Å²) in [4.78, 5) is 23.8. The van der Waals surface area contributed by atoms with Gasteiger partial charge in [0.15, 0.2) is 0 Å². The maximum absolute atomic E-state index is 12.0. The van der Waals surface area contributed by atoms with Gasteiger partial charge in [0.1, 0.15) is 0 Å². The first-order valence-corrected chi connectivity index (χ1v) is 7.79. The molecular formula is C18H19ClN2O2. The molecule has 5 heteroatoms. The van der Waals surface area contributed by atoms with Crippen LogP contribution in [-0.2, 0) is 11.2 Å². The fourth-order valence-corrected chi connectivity index (χ4v) is 2.40. The molecule has 0 aliphatic carbocycles. The number of benzene rings is 2. The van der Waals surface area contributed by atoms with Crippen molar-refractivity contribution in [2.75, 3.05) is 13.1 Å². The van der Waals surface area contributed by atoms with Gasteiger partial charge in [-0.3, -0.25) is 9.59 Å². The summed E-state index contributed by atoms with van der Waals surface area (Å²) in [5.74, 6) is -0.456. The molecule has 4 nitrogen and oxygen atoms in total. The summed E-state index contributed by atoms with van der Waals surface area (Å²) < 4.78 is 0. The van der Waals surface area contributed by atoms with Gasteiger partial charge in [-0.05, 0) is 42.7 Å². The summed E-state index contributed by atoms with van der Waals surface area (Å²) in [5, 5.41) is 6.08. The largest absolute Gasteiger partial charge is 0.354 e. The lowest BCUT2D eigenvalue weighted by molar-refractivity contribution is -0.120. The van der Waals surface area contributed by atoms with Crippen molar-refractivity contribution in [1.82, 2.24) is 10.6 Å². The Kier molecular flexibility index (Phi) is 6.18. The van der Waals surface area contributed by atoms with Crippen molar-refractivity contribution >= 4 is 23.4 Å². The van der Waals surface area contributed by atoms with Crippen LogP contribution in [0.1, 0.15) is 21.5 Å². The van der Waals surface area contributed by atoms with Gasteiger partial charge in [0.05, 0.1) is 6.54 Å². The van der Waals surface area contributed by atoms with Crippen molar-refractivity contribution in [3.8, 4) is 0 Å². The molecule has 2 aromatic carbocycles. The molecule has 0 atom stereocenters. The molecule has 0 aliphatic rings. The molecule has 0 saturated carbocycles. The van der Waals surface area contributed by atoms with E-state index >= 15 is 0 Å². The Bertz CT molecular complexity index is 701. The number of hydrogen-bond acceptors (Lipinski definition) is 2. The van der Waals surface area contributed by atoms with Gasteiger partial charge in [0, 0.05) is 17.1 Å². The molecular weight excluding hydrogens is 312 g/mol. The summed E-state index contributed by atoms with van der Waals surface area (Å²) in [5.41, 5.74) is 2.52. The molecule has 2 rings (SSSR count). The van der Waals surface area contributed by atoms with Crippen LogP contribution in [0.5, 0.6) is 0 Å². The number of amides is 2. The summed E-state index contributed by atoms with van der Waals surface area (Å²) >= 11 is 5.91. The molecule has 23 heavy (non-hydrogen) atoms. The van der Waals surface area contributed by atoms with Gasteiger partial charge in [-0.2, -0.15) is 0 Å². The van der Waals surface area contributed by atoms with Gasteiger partial charge >= 0.3 is 0 Å². The standard InChI is InChI=1S/C18H19ClN2O2/c1-13-5-2-3-8-16(13)18(23)21-12-17(22)20-10-9-14-6-4-7-15(19)11-14/h2-8,11H,9-10,12H2,1H3,(H,20,22)(H,21,23). The Labute approximate surface area is 140 Å². The monoisotopic (exact) mass is 330 g/mol. The summed E-state index contributed by atoms with van der Waals surface area (Å²) in [6, 6.07) is 14.8. The normalized spacial score (nSPS) is 10.2. The fourth-order valence-electron chi connectivity index (χ4n) is 2.18. The second-order valence-corrected chi connectivity index (χ2v) is 5.66. The highest BCUT2D eigenvalue weighted by Crippen LogP contribution is 2.10. The van der Waals surface area contributed by atoms with E-state index in [1.165, 1.54) is 0 Å². The molecule has 0 aromatic heterocycles. The van der Waals surface area contributed by atoms with Crippen LogP contribution in [0.2, 0.25) is 5.02 Å². The Hall–Kier alpha value is -2.33. The second-order valence-electron chi connectivity index (χ2n) is 5.23. The highest BCUT2D eigenvalue weighted by molar-refractivity contribution is 6.30. The van der Waals surface area contributed by atoms with Gasteiger partial charge in [-0.1, -0.05) is 41.9 Å². The molecule has 0 bridgehead atoms. The van der Waals surface area contributed by atoms with E-state index < -0.39 is 0 Å². The number of carbonyl (C=O) groups is 2. The van der Waals surface area contributed by atoms with E-state index in [9.17, 15) is 9.59 Å². The van der Waals surface area contributed by atoms with Crippen molar-refractivity contribution in [3.63, 3.8) is 0 Å². The first-order chi connectivity index (χ1) is 11.1. The van der Waals surface area contributed by atoms with Crippen molar-refractivity contribution in [2.24, 2.45) is 0 Å². The maximum Gasteiger partial charge on any atom is 0.251 e. The van der Waals surface area contributed by atoms with Crippen LogP contribution in [0.4, 0.5) is 0 Å². The van der Waals surface area contributed by atoms with E-state index in [1.54, 1.807) is 12.1 Å². The number of aryl methyl sites for hydroxylation is 1. The van der Waals surface area contributed by atoms with Crippen molar-refractivity contribution in [2.45, 2.75) is 13.3 Å². The van der Waals surface area contributed by atoms with E-state index in [1.807, 2.05) is 43.3 Å². The Morgan fingerprint density at radius 3 is 2.57 bits per heavy atom. The predicted octanol–water partition coefficient (Wildman–Crippen LogP) is 2.74. The SMILES string of the molecule is Cc1ccccc1C(=O)NCC(=O)NCCc1cccc(Cl)c1. The van der Waals surface area contributed by atoms with E-state index in [2.05, 4.69) is 10.6 Å². The average molecular weight is 331 g/mol. The third kappa shape index (κ3) is 5.42. The molecule has 0 unspecified atom stereocenters. The molecule has 0 spiro atoms. The zero-order valence-electron chi connectivity index (χ0n) is 12.9. The summed E-state index contributed by atoms with van der Waals surface area (Å²) in [6.45, 7) is 2.32. The highest BCUT2D eigenvalue weighted by Gasteiger charge is 2.09. The molecule has 0 fully saturated rings. The van der Waals surface area contributed by atoms with Crippen molar-refractivity contribution in [3.05, 3.63) is 70.2 Å². The number of rotatable bonds is 6. The topological polar surface area (TPSA) is 58.2 Å². The van der Waals surface area contributed by atoms with Gasteiger partial charge in [0.2, 0.25) is 5.91 Å². The van der Waals surface area contributed by atoms with E-state index in [-0.39, 0.29) is 18.4 Å². The Morgan fingerprint density at radius 2 is 1.83 bits per heavy atom. The first kappa shape index (κ1) is 17.0. The number of nitrogens with one attached hydrogen (secondary N) is 2. The Morgan fingerprint density at radius 1 is 1.04 bits per heavy atom. The maximum atomic E-state index is 12.0. The van der Waals surface area contributed by atoms with Crippen LogP contribution in [0.25, 0.3) is 0 Å². The van der Waals surface area contributed by atoms with Gasteiger partial charge in [-0.25, -0.2) is 0 Å². The quantitative estimate of drug-likeness (QED) is 0.855. The predicted molar refractivity (Wildman–Crippen MR) is 91.7 cm³/mol. The average Bonchev–Trinajstić information content (AvgIpc) is 2.53. The fraction of sp³-hybridized carbons (Fsp3) is 0.222. The lowest BCUT2D eigenvalue weighted by Gasteiger charge is -2.08. The number of carbonyl (C=O) groups excluding carboxylic acids is 2. The molecule has 0 heterocycles. The third-order valence-electron chi connectivity index (χ3n) is 3.42. The van der Waals surface area contributed by atoms with E-state index in [0.717, 1.165) is 11.1 Å². The van der Waals surface area contributed by atoms with Gasteiger partial charge in [0.25, 0.3) is 5.91 Å². The lowest BCUT2D eigenvalue weighted by atomic mass is 10.1. The van der Waals surface area contributed by atoms with Crippen LogP contribution >= 0.6 is 11.6 Å². The van der Waals surface area contributed by atoms with Crippen LogP contribution in [-0.4, -0.2) is 24.9 Å². The molecule has 0 aliphatic heterocycles. The van der Waals surface area contributed by atoms with Crippen molar-refractivity contribution in [1.29, 1.82) is 0 Å². The van der Waals surface area contributed by atoms with Crippen LogP contribution in [0.15, 0.2) is 48.5 Å². The van der Waals surface area contributed by atoms with Gasteiger partial charge in [-0.15, -0.1) is 0 Å². The van der Waals surface area contributed by atoms with Crippen LogP contribution in [0.3, 0.4) is 0 Å². The zero-order valence-corrected chi connectivity index (χ0v) is 13.7. The van der Waals surface area contributed by atoms with Crippen LogP contribution < -0.4 is 10.6 Å². The minimum Gasteiger partial charge on any atom is -0.354 e.